The molecule has 1 heterocycles. The number of rotatable bonds is 2. The minimum absolute atomic E-state index is 0.0480. The maximum Gasteiger partial charge on any atom is 0.226 e. The molecule has 0 spiro atoms. The number of aliphatic hydroxyl groups is 1. The van der Waals surface area contributed by atoms with Crippen LogP contribution in [0.1, 0.15) is 37.7 Å². The van der Waals surface area contributed by atoms with Crippen LogP contribution in [0.4, 0.5) is 0 Å². The van der Waals surface area contributed by atoms with Gasteiger partial charge in [0.2, 0.25) is 5.91 Å². The molecule has 1 fully saturated rings. The highest BCUT2D eigenvalue weighted by Gasteiger charge is 2.30. The molecule has 2 atom stereocenters. The molecule has 1 amide bonds. The molecule has 0 radical (unpaired) electrons. The van der Waals surface area contributed by atoms with Gasteiger partial charge in [0.15, 0.2) is 11.5 Å². The maximum atomic E-state index is 12.9. The largest absolute Gasteiger partial charge is 0.493 e. The Bertz CT molecular complexity index is 560. The average Bonchev–Trinajstić information content (AvgIpc) is 2.54. The third kappa shape index (κ3) is 3.61. The zero-order chi connectivity index (χ0) is 16.2. The fraction of sp³-hybridized carbons (Fsp3) is 0.611. The summed E-state index contributed by atoms with van der Waals surface area (Å²) < 4.78 is 11.2. The fourth-order valence-corrected chi connectivity index (χ4v) is 3.56. The maximum absolute atomic E-state index is 12.9. The summed E-state index contributed by atoms with van der Waals surface area (Å²) in [4.78, 5) is 14.8. The van der Waals surface area contributed by atoms with Crippen molar-refractivity contribution in [3.05, 3.63) is 23.8 Å². The van der Waals surface area contributed by atoms with Crippen LogP contribution in [-0.2, 0) is 11.3 Å². The van der Waals surface area contributed by atoms with Gasteiger partial charge < -0.3 is 19.5 Å². The van der Waals surface area contributed by atoms with E-state index in [1.807, 2.05) is 23.1 Å². The SMILES string of the molecule is COc1cccc2c1OCCCN(C(=O)[C@@H]1CCC[C@H](O)C1)C2. The van der Waals surface area contributed by atoms with Crippen molar-refractivity contribution in [2.45, 2.75) is 44.8 Å². The van der Waals surface area contributed by atoms with E-state index in [4.69, 9.17) is 9.47 Å². The minimum atomic E-state index is -0.330. The van der Waals surface area contributed by atoms with Crippen molar-refractivity contribution in [3.8, 4) is 11.5 Å². The summed E-state index contributed by atoms with van der Waals surface area (Å²) in [6.45, 7) is 1.81. The molecule has 1 aliphatic heterocycles. The van der Waals surface area contributed by atoms with Crippen molar-refractivity contribution >= 4 is 5.91 Å². The Morgan fingerprint density at radius 3 is 3.00 bits per heavy atom. The van der Waals surface area contributed by atoms with Gasteiger partial charge in [-0.2, -0.15) is 0 Å². The van der Waals surface area contributed by atoms with Gasteiger partial charge in [-0.3, -0.25) is 4.79 Å². The van der Waals surface area contributed by atoms with Gasteiger partial charge >= 0.3 is 0 Å². The zero-order valence-corrected chi connectivity index (χ0v) is 13.7. The summed E-state index contributed by atoms with van der Waals surface area (Å²) in [5, 5.41) is 9.85. The molecule has 5 nitrogen and oxygen atoms in total. The van der Waals surface area contributed by atoms with Crippen molar-refractivity contribution in [1.29, 1.82) is 0 Å². The lowest BCUT2D eigenvalue weighted by molar-refractivity contribution is -0.138. The van der Waals surface area contributed by atoms with Gasteiger partial charge in [-0.1, -0.05) is 18.6 Å². The first-order valence-electron chi connectivity index (χ1n) is 8.44. The monoisotopic (exact) mass is 319 g/mol. The van der Waals surface area contributed by atoms with Gasteiger partial charge in [-0.15, -0.1) is 0 Å². The lowest BCUT2D eigenvalue weighted by Crippen LogP contribution is -2.40. The number of fused-ring (bicyclic) bond motifs is 1. The molecule has 2 aliphatic rings. The van der Waals surface area contributed by atoms with Crippen molar-refractivity contribution in [1.82, 2.24) is 4.90 Å². The minimum Gasteiger partial charge on any atom is -0.493 e. The van der Waals surface area contributed by atoms with Crippen LogP contribution in [0, 0.1) is 5.92 Å². The predicted molar refractivity (Wildman–Crippen MR) is 86.5 cm³/mol. The highest BCUT2D eigenvalue weighted by molar-refractivity contribution is 5.79. The van der Waals surface area contributed by atoms with Crippen LogP contribution in [0.5, 0.6) is 11.5 Å². The molecule has 0 aromatic heterocycles. The topological polar surface area (TPSA) is 59.0 Å². The number of carbonyl (C=O) groups is 1. The van der Waals surface area contributed by atoms with Gasteiger partial charge in [-0.25, -0.2) is 0 Å². The molecule has 0 saturated heterocycles. The summed E-state index contributed by atoms with van der Waals surface area (Å²) in [5.74, 6) is 1.58. The summed E-state index contributed by atoms with van der Waals surface area (Å²) >= 11 is 0. The zero-order valence-electron chi connectivity index (χ0n) is 13.7. The number of benzene rings is 1. The van der Waals surface area contributed by atoms with Gasteiger partial charge in [0.05, 0.1) is 19.8 Å². The highest BCUT2D eigenvalue weighted by atomic mass is 16.5. The normalized spacial score (nSPS) is 24.9. The molecule has 1 aliphatic carbocycles. The quantitative estimate of drug-likeness (QED) is 0.909. The van der Waals surface area contributed by atoms with Crippen LogP contribution in [-0.4, -0.2) is 42.3 Å². The van der Waals surface area contributed by atoms with E-state index in [-0.39, 0.29) is 17.9 Å². The first-order valence-corrected chi connectivity index (χ1v) is 8.44. The second-order valence-corrected chi connectivity index (χ2v) is 6.43. The molecular formula is C18H25NO4. The second-order valence-electron chi connectivity index (χ2n) is 6.43. The van der Waals surface area contributed by atoms with Gasteiger partial charge in [0.1, 0.15) is 0 Å². The third-order valence-electron chi connectivity index (χ3n) is 4.77. The molecule has 1 N–H and O–H groups in total. The Labute approximate surface area is 137 Å². The van der Waals surface area contributed by atoms with Gasteiger partial charge in [-0.05, 0) is 31.7 Å². The van der Waals surface area contributed by atoms with E-state index in [0.29, 0.717) is 31.9 Å². The van der Waals surface area contributed by atoms with E-state index in [1.165, 1.54) is 0 Å². The number of aliphatic hydroxyl groups excluding tert-OH is 1. The second kappa shape index (κ2) is 7.21. The number of nitrogens with zero attached hydrogens (tertiary/aromatic N) is 1. The molecule has 23 heavy (non-hydrogen) atoms. The van der Waals surface area contributed by atoms with Crippen molar-refractivity contribution in [2.75, 3.05) is 20.3 Å². The number of para-hydroxylation sites is 1. The molecule has 0 unspecified atom stereocenters. The predicted octanol–water partition coefficient (Wildman–Crippen LogP) is 2.36. The molecule has 0 bridgehead atoms. The Kier molecular flexibility index (Phi) is 5.06. The Hall–Kier alpha value is -1.75. The van der Waals surface area contributed by atoms with E-state index in [9.17, 15) is 9.90 Å². The molecule has 5 heteroatoms. The van der Waals surface area contributed by atoms with Crippen LogP contribution < -0.4 is 9.47 Å². The van der Waals surface area contributed by atoms with Crippen molar-refractivity contribution in [3.63, 3.8) is 0 Å². The standard InChI is InChI=1S/C18H25NO4/c1-22-16-8-3-6-14-12-19(9-4-10-23-17(14)16)18(21)13-5-2-7-15(20)11-13/h3,6,8,13,15,20H,2,4-5,7,9-12H2,1H3/t13-,15+/m1/s1. The fourth-order valence-electron chi connectivity index (χ4n) is 3.56. The Morgan fingerprint density at radius 1 is 1.35 bits per heavy atom. The van der Waals surface area contributed by atoms with Gasteiger partial charge in [0, 0.05) is 24.6 Å². The third-order valence-corrected chi connectivity index (χ3v) is 4.77. The molecule has 1 aromatic carbocycles. The smallest absolute Gasteiger partial charge is 0.226 e. The number of methoxy groups -OCH3 is 1. The molecule has 126 valence electrons. The lowest BCUT2D eigenvalue weighted by Gasteiger charge is -2.32. The van der Waals surface area contributed by atoms with Gasteiger partial charge in [0.25, 0.3) is 0 Å². The number of ether oxygens (including phenoxy) is 2. The van der Waals surface area contributed by atoms with Crippen LogP contribution in [0.2, 0.25) is 0 Å². The summed E-state index contributed by atoms with van der Waals surface area (Å²) in [5.41, 5.74) is 0.980. The molecule has 3 rings (SSSR count). The van der Waals surface area contributed by atoms with E-state index in [2.05, 4.69) is 0 Å². The first-order chi connectivity index (χ1) is 11.2. The Balaban J connectivity index is 1.79. The van der Waals surface area contributed by atoms with E-state index < -0.39 is 0 Å². The van der Waals surface area contributed by atoms with E-state index in [0.717, 1.165) is 37.0 Å². The van der Waals surface area contributed by atoms with Crippen LogP contribution in [0.15, 0.2) is 18.2 Å². The lowest BCUT2D eigenvalue weighted by atomic mass is 9.86. The molecular weight excluding hydrogens is 294 g/mol. The number of amides is 1. The first kappa shape index (κ1) is 16.1. The van der Waals surface area contributed by atoms with Crippen LogP contribution >= 0.6 is 0 Å². The number of carbonyl (C=O) groups excluding carboxylic acids is 1. The van der Waals surface area contributed by atoms with E-state index in [1.54, 1.807) is 7.11 Å². The summed E-state index contributed by atoms with van der Waals surface area (Å²) in [7, 11) is 1.63. The average molecular weight is 319 g/mol. The van der Waals surface area contributed by atoms with Crippen LogP contribution in [0.3, 0.4) is 0 Å². The van der Waals surface area contributed by atoms with Crippen LogP contribution in [0.25, 0.3) is 0 Å². The highest BCUT2D eigenvalue weighted by Crippen LogP contribution is 2.34. The summed E-state index contributed by atoms with van der Waals surface area (Å²) in [6, 6.07) is 5.79. The molecule has 1 aromatic rings. The van der Waals surface area contributed by atoms with Crippen molar-refractivity contribution < 1.29 is 19.4 Å². The van der Waals surface area contributed by atoms with E-state index >= 15 is 0 Å². The molecule has 1 saturated carbocycles. The Morgan fingerprint density at radius 2 is 2.22 bits per heavy atom. The summed E-state index contributed by atoms with van der Waals surface area (Å²) in [6.07, 6.45) is 3.70. The number of hydrogen-bond acceptors (Lipinski definition) is 4. The van der Waals surface area contributed by atoms with Crippen molar-refractivity contribution in [2.24, 2.45) is 5.92 Å². The number of hydrogen-bond donors (Lipinski definition) is 1.